The Balaban J connectivity index is 1.64. The maximum Gasteiger partial charge on any atom is 0.416 e. The van der Waals surface area contributed by atoms with Crippen LogP contribution < -0.4 is 14.8 Å². The molecule has 1 amide bonds. The van der Waals surface area contributed by atoms with Gasteiger partial charge in [-0.25, -0.2) is 4.98 Å². The van der Waals surface area contributed by atoms with Crippen LogP contribution in [0.15, 0.2) is 47.6 Å². The molecule has 1 aromatic heterocycles. The number of amides is 1. The minimum Gasteiger partial charge on any atom is -0.497 e. The number of hydrogen-bond acceptors (Lipinski definition) is 7. The van der Waals surface area contributed by atoms with Crippen molar-refractivity contribution < 1.29 is 32.2 Å². The van der Waals surface area contributed by atoms with Crippen molar-refractivity contribution in [3.05, 3.63) is 48.0 Å². The van der Waals surface area contributed by atoms with Gasteiger partial charge in [-0.1, -0.05) is 11.8 Å². The van der Waals surface area contributed by atoms with Crippen LogP contribution in [0.5, 0.6) is 11.5 Å². The number of anilines is 1. The summed E-state index contributed by atoms with van der Waals surface area (Å²) < 4.78 is 54.7. The molecule has 0 fully saturated rings. The van der Waals surface area contributed by atoms with Crippen molar-refractivity contribution in [2.24, 2.45) is 0 Å². The minimum atomic E-state index is -4.56. The first-order chi connectivity index (χ1) is 15.8. The van der Waals surface area contributed by atoms with Gasteiger partial charge in [0.1, 0.15) is 18.1 Å². The summed E-state index contributed by atoms with van der Waals surface area (Å²) in [5.74, 6) is 0.662. The first kappa shape index (κ1) is 24.4. The van der Waals surface area contributed by atoms with Gasteiger partial charge < -0.3 is 19.5 Å². The second kappa shape index (κ2) is 11.1. The molecule has 0 saturated carbocycles. The Morgan fingerprint density at radius 2 is 1.88 bits per heavy atom. The van der Waals surface area contributed by atoms with E-state index < -0.39 is 17.6 Å². The lowest BCUT2D eigenvalue weighted by Gasteiger charge is -2.15. The van der Waals surface area contributed by atoms with Crippen molar-refractivity contribution in [3.8, 4) is 22.9 Å². The lowest BCUT2D eigenvalue weighted by Crippen LogP contribution is -2.17. The third-order valence-electron chi connectivity index (χ3n) is 4.29. The average Bonchev–Trinajstić information content (AvgIpc) is 3.27. The fourth-order valence-corrected chi connectivity index (χ4v) is 3.27. The fourth-order valence-electron chi connectivity index (χ4n) is 2.67. The number of rotatable bonds is 10. The Hall–Kier alpha value is -3.25. The number of methoxy groups -OCH3 is 2. The van der Waals surface area contributed by atoms with E-state index in [2.05, 4.69) is 20.5 Å². The molecule has 0 aliphatic carbocycles. The number of nitrogens with zero attached hydrogens (tertiary/aromatic N) is 2. The van der Waals surface area contributed by atoms with Gasteiger partial charge >= 0.3 is 6.18 Å². The Kier molecular flexibility index (Phi) is 8.17. The number of aromatic amines is 1. The monoisotopic (exact) mass is 482 g/mol. The van der Waals surface area contributed by atoms with E-state index in [-0.39, 0.29) is 30.4 Å². The molecule has 0 radical (unpaired) electrons. The standard InChI is InChI=1S/C21H21F3N4O4S/c1-30-9-10-32-17-8-5-14(21(22,23)24)11-16(17)25-18(29)12-33-20-26-19(27-28-20)13-3-6-15(31-2)7-4-13/h3-8,11H,9-10,12H2,1-2H3,(H,25,29)(H,26,27,28). The zero-order valence-electron chi connectivity index (χ0n) is 17.7. The number of aromatic nitrogens is 3. The molecule has 12 heteroatoms. The second-order valence-electron chi connectivity index (χ2n) is 6.58. The zero-order chi connectivity index (χ0) is 23.8. The number of hydrogen-bond donors (Lipinski definition) is 2. The molecule has 2 aromatic carbocycles. The summed E-state index contributed by atoms with van der Waals surface area (Å²) in [5.41, 5.74) is -0.204. The van der Waals surface area contributed by atoms with Gasteiger partial charge in [0, 0.05) is 12.7 Å². The highest BCUT2D eigenvalue weighted by molar-refractivity contribution is 7.99. The number of thioether (sulfide) groups is 1. The number of ether oxygens (including phenoxy) is 3. The quantitative estimate of drug-likeness (QED) is 0.329. The van der Waals surface area contributed by atoms with Gasteiger partial charge in [0.25, 0.3) is 0 Å². The molecule has 2 N–H and O–H groups in total. The highest BCUT2D eigenvalue weighted by Crippen LogP contribution is 2.35. The van der Waals surface area contributed by atoms with E-state index in [0.717, 1.165) is 35.5 Å². The highest BCUT2D eigenvalue weighted by atomic mass is 32.2. The summed E-state index contributed by atoms with van der Waals surface area (Å²) in [6.07, 6.45) is -4.56. The van der Waals surface area contributed by atoms with Crippen LogP contribution in [0.3, 0.4) is 0 Å². The fraction of sp³-hybridized carbons (Fsp3) is 0.286. The molecule has 0 unspecified atom stereocenters. The van der Waals surface area contributed by atoms with Gasteiger partial charge in [0.05, 0.1) is 30.7 Å². The smallest absolute Gasteiger partial charge is 0.416 e. The maximum absolute atomic E-state index is 13.1. The van der Waals surface area contributed by atoms with E-state index >= 15 is 0 Å². The van der Waals surface area contributed by atoms with Crippen LogP contribution in [0.2, 0.25) is 0 Å². The molecule has 33 heavy (non-hydrogen) atoms. The number of H-pyrrole nitrogens is 1. The molecule has 0 atom stereocenters. The van der Waals surface area contributed by atoms with Crippen molar-refractivity contribution in [2.75, 3.05) is 38.5 Å². The molecule has 8 nitrogen and oxygen atoms in total. The molecular formula is C21H21F3N4O4S. The number of halogens is 3. The van der Waals surface area contributed by atoms with Crippen LogP contribution in [0.25, 0.3) is 11.4 Å². The van der Waals surface area contributed by atoms with Gasteiger partial charge in [-0.15, -0.1) is 5.10 Å². The van der Waals surface area contributed by atoms with Crippen LogP contribution >= 0.6 is 11.8 Å². The molecule has 176 valence electrons. The van der Waals surface area contributed by atoms with E-state index in [1.165, 1.54) is 7.11 Å². The zero-order valence-corrected chi connectivity index (χ0v) is 18.5. The van der Waals surface area contributed by atoms with E-state index in [1.54, 1.807) is 31.4 Å². The summed E-state index contributed by atoms with van der Waals surface area (Å²) in [4.78, 5) is 16.7. The van der Waals surface area contributed by atoms with Gasteiger partial charge in [-0.05, 0) is 42.5 Å². The molecule has 0 aliphatic rings. The van der Waals surface area contributed by atoms with Crippen molar-refractivity contribution in [2.45, 2.75) is 11.3 Å². The van der Waals surface area contributed by atoms with E-state index in [0.29, 0.717) is 16.7 Å². The third-order valence-corrected chi connectivity index (χ3v) is 5.13. The summed E-state index contributed by atoms with van der Waals surface area (Å²) in [5, 5.41) is 9.62. The van der Waals surface area contributed by atoms with Gasteiger partial charge in [-0.3, -0.25) is 9.89 Å². The van der Waals surface area contributed by atoms with Crippen LogP contribution in [-0.2, 0) is 15.7 Å². The minimum absolute atomic E-state index is 0.0829. The third kappa shape index (κ3) is 6.86. The first-order valence-electron chi connectivity index (χ1n) is 9.62. The number of carbonyl (C=O) groups is 1. The number of carbonyl (C=O) groups excluding carboxylic acids is 1. The Bertz CT molecular complexity index is 1070. The summed E-state index contributed by atoms with van der Waals surface area (Å²) in [6.45, 7) is 0.358. The normalized spacial score (nSPS) is 11.3. The van der Waals surface area contributed by atoms with Crippen molar-refractivity contribution >= 4 is 23.4 Å². The molecule has 0 spiro atoms. The van der Waals surface area contributed by atoms with E-state index in [4.69, 9.17) is 14.2 Å². The topological polar surface area (TPSA) is 98.4 Å². The van der Waals surface area contributed by atoms with Crippen molar-refractivity contribution in [1.82, 2.24) is 15.2 Å². The predicted octanol–water partition coefficient (Wildman–Crippen LogP) is 4.26. The lowest BCUT2D eigenvalue weighted by molar-refractivity contribution is -0.137. The molecule has 3 rings (SSSR count). The molecule has 0 aliphatic heterocycles. The summed E-state index contributed by atoms with van der Waals surface area (Å²) in [6, 6.07) is 10.1. The van der Waals surface area contributed by atoms with Gasteiger partial charge in [-0.2, -0.15) is 13.2 Å². The molecule has 1 heterocycles. The van der Waals surface area contributed by atoms with E-state index in [1.807, 2.05) is 0 Å². The molecule has 0 bridgehead atoms. The summed E-state index contributed by atoms with van der Waals surface area (Å²) >= 11 is 1.03. The van der Waals surface area contributed by atoms with Crippen LogP contribution in [0.1, 0.15) is 5.56 Å². The lowest BCUT2D eigenvalue weighted by atomic mass is 10.1. The SMILES string of the molecule is COCCOc1ccc(C(F)(F)F)cc1NC(=O)CSc1n[nH]c(-c2ccc(OC)cc2)n1. The molecule has 0 saturated heterocycles. The van der Waals surface area contributed by atoms with Crippen LogP contribution in [-0.4, -0.2) is 54.3 Å². The second-order valence-corrected chi connectivity index (χ2v) is 7.52. The Morgan fingerprint density at radius 1 is 1.12 bits per heavy atom. The number of alkyl halides is 3. The van der Waals surface area contributed by atoms with E-state index in [9.17, 15) is 18.0 Å². The molecule has 3 aromatic rings. The van der Waals surface area contributed by atoms with Gasteiger partial charge in [0.15, 0.2) is 5.82 Å². The number of nitrogens with one attached hydrogen (secondary N) is 2. The largest absolute Gasteiger partial charge is 0.497 e. The molecular weight excluding hydrogens is 461 g/mol. The summed E-state index contributed by atoms with van der Waals surface area (Å²) in [7, 11) is 3.04. The maximum atomic E-state index is 13.1. The Labute approximate surface area is 191 Å². The van der Waals surface area contributed by atoms with Crippen molar-refractivity contribution in [1.29, 1.82) is 0 Å². The number of benzene rings is 2. The van der Waals surface area contributed by atoms with Crippen LogP contribution in [0, 0.1) is 0 Å². The highest BCUT2D eigenvalue weighted by Gasteiger charge is 2.31. The first-order valence-corrected chi connectivity index (χ1v) is 10.6. The predicted molar refractivity (Wildman–Crippen MR) is 117 cm³/mol. The van der Waals surface area contributed by atoms with Crippen molar-refractivity contribution in [3.63, 3.8) is 0 Å². The van der Waals surface area contributed by atoms with Gasteiger partial charge in [0.2, 0.25) is 11.1 Å². The average molecular weight is 482 g/mol. The Morgan fingerprint density at radius 3 is 2.55 bits per heavy atom. The van der Waals surface area contributed by atoms with Crippen LogP contribution in [0.4, 0.5) is 18.9 Å².